The maximum atomic E-state index is 5.99. The van der Waals surface area contributed by atoms with E-state index in [0.717, 1.165) is 25.0 Å². The zero-order chi connectivity index (χ0) is 13.5. The van der Waals surface area contributed by atoms with Crippen molar-refractivity contribution >= 4 is 0 Å². The van der Waals surface area contributed by atoms with E-state index < -0.39 is 5.54 Å². The number of likely N-dealkylation sites (tertiary alicyclic amines) is 1. The molecule has 0 spiro atoms. The predicted molar refractivity (Wildman–Crippen MR) is 72.3 cm³/mol. The minimum absolute atomic E-state index is 0.528. The van der Waals surface area contributed by atoms with Crippen LogP contribution in [0.3, 0.4) is 0 Å². The van der Waals surface area contributed by atoms with E-state index in [1.54, 1.807) is 0 Å². The van der Waals surface area contributed by atoms with Gasteiger partial charge in [-0.25, -0.2) is 0 Å². The van der Waals surface area contributed by atoms with Crippen molar-refractivity contribution < 1.29 is 4.52 Å². The lowest BCUT2D eigenvalue weighted by molar-refractivity contribution is 0.0933. The Labute approximate surface area is 114 Å². The standard InChI is InChI=1S/C14H24N4O/c1-14(2,15)13-16-12(19-17-13)9-18-8-4-6-10-5-3-7-11(10)18/h10-11H,3-9,15H2,1-2H3. The quantitative estimate of drug-likeness (QED) is 0.904. The van der Waals surface area contributed by atoms with Gasteiger partial charge in [0.15, 0.2) is 5.82 Å². The molecule has 2 atom stereocenters. The van der Waals surface area contributed by atoms with E-state index >= 15 is 0 Å². The van der Waals surface area contributed by atoms with E-state index in [1.165, 1.54) is 32.1 Å². The van der Waals surface area contributed by atoms with E-state index in [9.17, 15) is 0 Å². The van der Waals surface area contributed by atoms with Crippen molar-refractivity contribution in [2.75, 3.05) is 6.54 Å². The van der Waals surface area contributed by atoms with Crippen molar-refractivity contribution in [1.82, 2.24) is 15.0 Å². The Morgan fingerprint density at radius 1 is 1.32 bits per heavy atom. The Kier molecular flexibility index (Phi) is 3.35. The topological polar surface area (TPSA) is 68.2 Å². The zero-order valence-electron chi connectivity index (χ0n) is 11.9. The molecular weight excluding hydrogens is 240 g/mol. The molecule has 5 heteroatoms. The summed E-state index contributed by atoms with van der Waals surface area (Å²) in [5.74, 6) is 2.20. The van der Waals surface area contributed by atoms with E-state index in [-0.39, 0.29) is 0 Å². The number of aromatic nitrogens is 2. The molecule has 0 amide bonds. The van der Waals surface area contributed by atoms with Crippen LogP contribution >= 0.6 is 0 Å². The Morgan fingerprint density at radius 3 is 2.84 bits per heavy atom. The minimum atomic E-state index is -0.528. The van der Waals surface area contributed by atoms with Gasteiger partial charge in [-0.15, -0.1) is 0 Å². The largest absolute Gasteiger partial charge is 0.338 e. The molecule has 106 valence electrons. The number of hydrogen-bond acceptors (Lipinski definition) is 5. The highest BCUT2D eigenvalue weighted by atomic mass is 16.5. The van der Waals surface area contributed by atoms with Gasteiger partial charge in [-0.05, 0) is 52.0 Å². The summed E-state index contributed by atoms with van der Waals surface area (Å²) in [4.78, 5) is 6.98. The van der Waals surface area contributed by atoms with Crippen LogP contribution in [-0.4, -0.2) is 27.6 Å². The van der Waals surface area contributed by atoms with E-state index in [2.05, 4.69) is 15.0 Å². The van der Waals surface area contributed by atoms with Gasteiger partial charge in [0.05, 0.1) is 12.1 Å². The molecule has 0 bridgehead atoms. The Morgan fingerprint density at radius 2 is 2.11 bits per heavy atom. The molecule has 1 aromatic rings. The molecule has 1 saturated heterocycles. The summed E-state index contributed by atoms with van der Waals surface area (Å²) < 4.78 is 5.36. The summed E-state index contributed by atoms with van der Waals surface area (Å²) in [6.45, 7) is 5.74. The van der Waals surface area contributed by atoms with Crippen LogP contribution in [0.1, 0.15) is 57.7 Å². The van der Waals surface area contributed by atoms with E-state index in [4.69, 9.17) is 10.3 Å². The Bertz CT molecular complexity index is 437. The monoisotopic (exact) mass is 264 g/mol. The molecule has 0 radical (unpaired) electrons. The summed E-state index contributed by atoms with van der Waals surface area (Å²) in [5.41, 5.74) is 5.46. The van der Waals surface area contributed by atoms with Gasteiger partial charge in [0.25, 0.3) is 0 Å². The third kappa shape index (κ3) is 2.67. The molecule has 2 unspecified atom stereocenters. The van der Waals surface area contributed by atoms with E-state index in [0.29, 0.717) is 11.7 Å². The molecule has 1 aromatic heterocycles. The number of rotatable bonds is 3. The first-order chi connectivity index (χ1) is 9.04. The van der Waals surface area contributed by atoms with Crippen molar-refractivity contribution in [3.8, 4) is 0 Å². The van der Waals surface area contributed by atoms with Crippen LogP contribution < -0.4 is 5.73 Å². The first kappa shape index (κ1) is 13.1. The van der Waals surface area contributed by atoms with Crippen LogP contribution in [0.15, 0.2) is 4.52 Å². The average Bonchev–Trinajstić information content (AvgIpc) is 2.96. The first-order valence-corrected chi connectivity index (χ1v) is 7.40. The summed E-state index contributed by atoms with van der Waals surface area (Å²) in [5, 5.41) is 4.00. The highest BCUT2D eigenvalue weighted by molar-refractivity contribution is 5.00. The normalized spacial score (nSPS) is 28.6. The van der Waals surface area contributed by atoms with Crippen LogP contribution in [-0.2, 0) is 12.1 Å². The van der Waals surface area contributed by atoms with Crippen molar-refractivity contribution in [2.45, 2.75) is 64.1 Å². The molecule has 2 heterocycles. The lowest BCUT2D eigenvalue weighted by Crippen LogP contribution is -2.42. The molecule has 1 aliphatic heterocycles. The minimum Gasteiger partial charge on any atom is -0.338 e. The van der Waals surface area contributed by atoms with Gasteiger partial charge in [0.2, 0.25) is 5.89 Å². The second-order valence-corrected chi connectivity index (χ2v) is 6.60. The highest BCUT2D eigenvalue weighted by Crippen LogP contribution is 2.37. The maximum Gasteiger partial charge on any atom is 0.240 e. The van der Waals surface area contributed by atoms with Gasteiger partial charge < -0.3 is 10.3 Å². The van der Waals surface area contributed by atoms with Crippen LogP contribution in [0.25, 0.3) is 0 Å². The predicted octanol–water partition coefficient (Wildman–Crippen LogP) is 2.03. The number of fused-ring (bicyclic) bond motifs is 1. The molecule has 19 heavy (non-hydrogen) atoms. The number of piperidine rings is 1. The van der Waals surface area contributed by atoms with Gasteiger partial charge in [-0.1, -0.05) is 11.6 Å². The molecule has 5 nitrogen and oxygen atoms in total. The zero-order valence-corrected chi connectivity index (χ0v) is 11.9. The number of nitrogens with two attached hydrogens (primary N) is 1. The molecule has 0 aromatic carbocycles. The molecule has 2 N–H and O–H groups in total. The van der Waals surface area contributed by atoms with Crippen LogP contribution in [0.5, 0.6) is 0 Å². The number of nitrogens with zero attached hydrogens (tertiary/aromatic N) is 3. The average molecular weight is 264 g/mol. The summed E-state index contributed by atoms with van der Waals surface area (Å²) >= 11 is 0. The smallest absolute Gasteiger partial charge is 0.240 e. The molecule has 3 rings (SSSR count). The van der Waals surface area contributed by atoms with Crippen molar-refractivity contribution in [3.05, 3.63) is 11.7 Å². The molecule has 1 saturated carbocycles. The molecule has 2 aliphatic rings. The van der Waals surface area contributed by atoms with Gasteiger partial charge in [-0.2, -0.15) is 4.98 Å². The van der Waals surface area contributed by atoms with Crippen molar-refractivity contribution in [1.29, 1.82) is 0 Å². The van der Waals surface area contributed by atoms with Gasteiger partial charge in [-0.3, -0.25) is 4.90 Å². The highest BCUT2D eigenvalue weighted by Gasteiger charge is 2.35. The molecule has 2 fully saturated rings. The Hall–Kier alpha value is -0.940. The fourth-order valence-corrected chi connectivity index (χ4v) is 3.51. The lowest BCUT2D eigenvalue weighted by Gasteiger charge is -2.36. The molecular formula is C14H24N4O. The van der Waals surface area contributed by atoms with Gasteiger partial charge in [0, 0.05) is 6.04 Å². The second kappa shape index (κ2) is 4.87. The molecule has 1 aliphatic carbocycles. The SMILES string of the molecule is CC(C)(N)c1noc(CN2CCCC3CCCC32)n1. The third-order valence-electron chi connectivity index (χ3n) is 4.49. The fraction of sp³-hybridized carbons (Fsp3) is 0.857. The second-order valence-electron chi connectivity index (χ2n) is 6.60. The summed E-state index contributed by atoms with van der Waals surface area (Å²) in [6, 6.07) is 0.731. The van der Waals surface area contributed by atoms with Gasteiger partial charge >= 0.3 is 0 Å². The summed E-state index contributed by atoms with van der Waals surface area (Å²) in [7, 11) is 0. The van der Waals surface area contributed by atoms with Crippen LogP contribution in [0.4, 0.5) is 0 Å². The van der Waals surface area contributed by atoms with Crippen molar-refractivity contribution in [3.63, 3.8) is 0 Å². The van der Waals surface area contributed by atoms with Gasteiger partial charge in [0.1, 0.15) is 0 Å². The van der Waals surface area contributed by atoms with E-state index in [1.807, 2.05) is 13.8 Å². The number of hydrogen-bond donors (Lipinski definition) is 1. The maximum absolute atomic E-state index is 5.99. The first-order valence-electron chi connectivity index (χ1n) is 7.40. The Balaban J connectivity index is 1.69. The van der Waals surface area contributed by atoms with Crippen LogP contribution in [0.2, 0.25) is 0 Å². The van der Waals surface area contributed by atoms with Crippen LogP contribution in [0, 0.1) is 5.92 Å². The lowest BCUT2D eigenvalue weighted by atomic mass is 9.92. The van der Waals surface area contributed by atoms with Crippen molar-refractivity contribution in [2.24, 2.45) is 11.7 Å². The fourth-order valence-electron chi connectivity index (χ4n) is 3.51. The third-order valence-corrected chi connectivity index (χ3v) is 4.49. The summed E-state index contributed by atoms with van der Waals surface area (Å²) in [6.07, 6.45) is 6.79.